The number of hydrogen-bond donors (Lipinski definition) is 2. The topological polar surface area (TPSA) is 32.3 Å². The second-order valence-corrected chi connectivity index (χ2v) is 3.31. The number of aryl methyl sites for hydroxylation is 1. The number of aromatic hydroxyl groups is 1. The molecule has 13 heavy (non-hydrogen) atoms. The molecule has 1 fully saturated rings. The van der Waals surface area contributed by atoms with E-state index in [0.717, 1.165) is 24.1 Å². The van der Waals surface area contributed by atoms with E-state index in [4.69, 9.17) is 0 Å². The molecule has 0 aliphatic carbocycles. The molecule has 2 rings (SSSR count). The molecule has 0 bridgehead atoms. The minimum atomic E-state index is 0. The monoisotopic (exact) mass is 199 g/mol. The smallest absolute Gasteiger partial charge is 0.123 e. The SMILES string of the molecule is Cc1cccc([C@H]2CCN2)c1O.Cl. The lowest BCUT2D eigenvalue weighted by molar-refractivity contribution is 0.363. The summed E-state index contributed by atoms with van der Waals surface area (Å²) < 4.78 is 0. The summed E-state index contributed by atoms with van der Waals surface area (Å²) in [5, 5.41) is 13.0. The summed E-state index contributed by atoms with van der Waals surface area (Å²) in [4.78, 5) is 0. The molecule has 0 unspecified atom stereocenters. The highest BCUT2D eigenvalue weighted by atomic mass is 35.5. The van der Waals surface area contributed by atoms with E-state index >= 15 is 0 Å². The van der Waals surface area contributed by atoms with Crippen molar-refractivity contribution in [3.63, 3.8) is 0 Å². The predicted molar refractivity (Wildman–Crippen MR) is 55.5 cm³/mol. The molecule has 0 spiro atoms. The molecule has 1 aliphatic rings. The summed E-state index contributed by atoms with van der Waals surface area (Å²) in [6.45, 7) is 3.00. The van der Waals surface area contributed by atoms with Crippen molar-refractivity contribution in [1.29, 1.82) is 0 Å². The van der Waals surface area contributed by atoms with Gasteiger partial charge < -0.3 is 10.4 Å². The minimum Gasteiger partial charge on any atom is -0.507 e. The number of rotatable bonds is 1. The Morgan fingerprint density at radius 1 is 1.46 bits per heavy atom. The fourth-order valence-electron chi connectivity index (χ4n) is 1.52. The van der Waals surface area contributed by atoms with Gasteiger partial charge in [0, 0.05) is 11.6 Å². The van der Waals surface area contributed by atoms with Crippen LogP contribution < -0.4 is 5.32 Å². The van der Waals surface area contributed by atoms with Crippen molar-refractivity contribution < 1.29 is 5.11 Å². The Morgan fingerprint density at radius 2 is 2.15 bits per heavy atom. The van der Waals surface area contributed by atoms with Crippen molar-refractivity contribution in [1.82, 2.24) is 5.32 Å². The van der Waals surface area contributed by atoms with Crippen molar-refractivity contribution in [3.05, 3.63) is 29.3 Å². The van der Waals surface area contributed by atoms with Gasteiger partial charge in [0.15, 0.2) is 0 Å². The van der Waals surface area contributed by atoms with Crippen LogP contribution in [-0.2, 0) is 0 Å². The molecule has 1 heterocycles. The van der Waals surface area contributed by atoms with Gasteiger partial charge in [0.1, 0.15) is 5.75 Å². The highest BCUT2D eigenvalue weighted by molar-refractivity contribution is 5.85. The Hall–Kier alpha value is -0.730. The number of halogens is 1. The molecule has 0 radical (unpaired) electrons. The Kier molecular flexibility index (Phi) is 3.17. The Balaban J connectivity index is 0.000000845. The first kappa shape index (κ1) is 10.4. The molecule has 0 aromatic heterocycles. The van der Waals surface area contributed by atoms with E-state index in [9.17, 15) is 5.11 Å². The summed E-state index contributed by atoms with van der Waals surface area (Å²) >= 11 is 0. The van der Waals surface area contributed by atoms with Gasteiger partial charge in [-0.1, -0.05) is 18.2 Å². The van der Waals surface area contributed by atoms with Crippen LogP contribution in [0, 0.1) is 6.92 Å². The largest absolute Gasteiger partial charge is 0.507 e. The summed E-state index contributed by atoms with van der Waals surface area (Å²) in [6.07, 6.45) is 1.14. The molecule has 0 saturated carbocycles. The highest BCUT2D eigenvalue weighted by Crippen LogP contribution is 2.31. The van der Waals surface area contributed by atoms with Crippen molar-refractivity contribution in [2.75, 3.05) is 6.54 Å². The molecule has 1 aromatic carbocycles. The number of nitrogens with one attached hydrogen (secondary N) is 1. The molecule has 2 nitrogen and oxygen atoms in total. The minimum absolute atomic E-state index is 0. The van der Waals surface area contributed by atoms with Crippen molar-refractivity contribution in [2.24, 2.45) is 0 Å². The van der Waals surface area contributed by atoms with Gasteiger partial charge in [0.05, 0.1) is 0 Å². The van der Waals surface area contributed by atoms with Crippen LogP contribution in [0.2, 0.25) is 0 Å². The molecule has 0 amide bonds. The second kappa shape index (κ2) is 3.99. The van der Waals surface area contributed by atoms with E-state index in [1.54, 1.807) is 0 Å². The van der Waals surface area contributed by atoms with Crippen molar-refractivity contribution in [3.8, 4) is 5.75 Å². The van der Waals surface area contributed by atoms with Crippen LogP contribution in [0.15, 0.2) is 18.2 Å². The normalized spacial score (nSPS) is 20.2. The third-order valence-corrected chi connectivity index (χ3v) is 2.47. The van der Waals surface area contributed by atoms with E-state index in [-0.39, 0.29) is 12.4 Å². The standard InChI is InChI=1S/C10H13NO.ClH/c1-7-3-2-4-8(10(7)12)9-5-6-11-9;/h2-4,9,11-12H,5-6H2,1H3;1H/t9-;/m1./s1. The first-order chi connectivity index (χ1) is 5.79. The molecular weight excluding hydrogens is 186 g/mol. The van der Waals surface area contributed by atoms with Crippen LogP contribution in [0.5, 0.6) is 5.75 Å². The fraction of sp³-hybridized carbons (Fsp3) is 0.400. The molecular formula is C10H14ClNO. The van der Waals surface area contributed by atoms with Gasteiger partial charge in [-0.2, -0.15) is 0 Å². The quantitative estimate of drug-likeness (QED) is 0.727. The lowest BCUT2D eigenvalue weighted by Crippen LogP contribution is -2.34. The number of phenolic OH excluding ortho intramolecular Hbond substituents is 1. The van der Waals surface area contributed by atoms with Crippen LogP contribution in [0.4, 0.5) is 0 Å². The predicted octanol–water partition coefficient (Wildman–Crippen LogP) is 2.16. The molecule has 1 aliphatic heterocycles. The van der Waals surface area contributed by atoms with E-state index < -0.39 is 0 Å². The summed E-state index contributed by atoms with van der Waals surface area (Å²) in [6, 6.07) is 6.28. The molecule has 3 heteroatoms. The zero-order valence-electron chi connectivity index (χ0n) is 7.58. The van der Waals surface area contributed by atoms with Gasteiger partial charge in [0.25, 0.3) is 0 Å². The van der Waals surface area contributed by atoms with Crippen LogP contribution >= 0.6 is 12.4 Å². The summed E-state index contributed by atoms with van der Waals surface area (Å²) in [7, 11) is 0. The summed E-state index contributed by atoms with van der Waals surface area (Å²) in [5.41, 5.74) is 2.00. The molecule has 1 aromatic rings. The van der Waals surface area contributed by atoms with E-state index in [2.05, 4.69) is 5.32 Å². The van der Waals surface area contributed by atoms with Gasteiger partial charge in [-0.3, -0.25) is 0 Å². The third kappa shape index (κ3) is 1.79. The zero-order valence-corrected chi connectivity index (χ0v) is 8.40. The van der Waals surface area contributed by atoms with Crippen LogP contribution in [-0.4, -0.2) is 11.7 Å². The fourth-order valence-corrected chi connectivity index (χ4v) is 1.52. The number of benzene rings is 1. The van der Waals surface area contributed by atoms with E-state index in [0.29, 0.717) is 11.8 Å². The first-order valence-corrected chi connectivity index (χ1v) is 4.31. The van der Waals surface area contributed by atoms with E-state index in [1.165, 1.54) is 0 Å². The average Bonchev–Trinajstić information content (AvgIpc) is 1.95. The Bertz CT molecular complexity index is 297. The molecule has 1 saturated heterocycles. The van der Waals surface area contributed by atoms with E-state index in [1.807, 2.05) is 25.1 Å². The Labute approximate surface area is 84.4 Å². The van der Waals surface area contributed by atoms with Crippen molar-refractivity contribution in [2.45, 2.75) is 19.4 Å². The lowest BCUT2D eigenvalue weighted by Gasteiger charge is -2.28. The van der Waals surface area contributed by atoms with Gasteiger partial charge in [-0.15, -0.1) is 12.4 Å². The van der Waals surface area contributed by atoms with Crippen molar-refractivity contribution >= 4 is 12.4 Å². The van der Waals surface area contributed by atoms with Crippen LogP contribution in [0.25, 0.3) is 0 Å². The maximum Gasteiger partial charge on any atom is 0.123 e. The average molecular weight is 200 g/mol. The molecule has 72 valence electrons. The third-order valence-electron chi connectivity index (χ3n) is 2.47. The molecule has 2 N–H and O–H groups in total. The second-order valence-electron chi connectivity index (χ2n) is 3.31. The number of hydrogen-bond acceptors (Lipinski definition) is 2. The van der Waals surface area contributed by atoms with Crippen LogP contribution in [0.1, 0.15) is 23.6 Å². The van der Waals surface area contributed by atoms with Gasteiger partial charge in [0.2, 0.25) is 0 Å². The van der Waals surface area contributed by atoms with Gasteiger partial charge >= 0.3 is 0 Å². The highest BCUT2D eigenvalue weighted by Gasteiger charge is 2.21. The maximum absolute atomic E-state index is 9.69. The molecule has 1 atom stereocenters. The number of phenols is 1. The Morgan fingerprint density at radius 3 is 2.69 bits per heavy atom. The number of para-hydroxylation sites is 1. The maximum atomic E-state index is 9.69. The van der Waals surface area contributed by atoms with Gasteiger partial charge in [-0.05, 0) is 25.5 Å². The zero-order chi connectivity index (χ0) is 8.55. The first-order valence-electron chi connectivity index (χ1n) is 4.31. The van der Waals surface area contributed by atoms with Gasteiger partial charge in [-0.25, -0.2) is 0 Å². The lowest BCUT2D eigenvalue weighted by atomic mass is 9.95. The van der Waals surface area contributed by atoms with Crippen LogP contribution in [0.3, 0.4) is 0 Å². The summed E-state index contributed by atoms with van der Waals surface area (Å²) in [5.74, 6) is 0.453.